The number of nitrogen functional groups attached to an aromatic ring is 1. The molecule has 0 radical (unpaired) electrons. The Hall–Kier alpha value is -2.82. The third kappa shape index (κ3) is 5.10. The Kier molecular flexibility index (Phi) is 6.76. The van der Waals surface area contributed by atoms with Gasteiger partial charge in [0.25, 0.3) is 5.92 Å². The maximum Gasteiger partial charge on any atom is 0.272 e. The smallest absolute Gasteiger partial charge is 0.272 e. The van der Waals surface area contributed by atoms with E-state index in [0.717, 1.165) is 68.9 Å². The van der Waals surface area contributed by atoms with Crippen LogP contribution in [0, 0.1) is 11.8 Å². The van der Waals surface area contributed by atoms with E-state index in [9.17, 15) is 13.9 Å². The van der Waals surface area contributed by atoms with Gasteiger partial charge in [-0.1, -0.05) is 11.6 Å². The van der Waals surface area contributed by atoms with Crippen LogP contribution in [0.5, 0.6) is 0 Å². The van der Waals surface area contributed by atoms with Crippen LogP contribution in [0.4, 0.5) is 14.6 Å². The highest BCUT2D eigenvalue weighted by atomic mass is 35.5. The summed E-state index contributed by atoms with van der Waals surface area (Å²) in [6.45, 7) is 1.81. The number of aliphatic hydroxyl groups is 1. The van der Waals surface area contributed by atoms with Crippen LogP contribution in [0.2, 0.25) is 5.02 Å². The average molecular weight is 558 g/mol. The Balaban J connectivity index is 0.998. The van der Waals surface area contributed by atoms with Crippen molar-refractivity contribution in [2.45, 2.75) is 69.6 Å². The monoisotopic (exact) mass is 557 g/mol. The number of halogens is 3. The Bertz CT molecular complexity index is 1490. The van der Waals surface area contributed by atoms with Crippen molar-refractivity contribution in [1.82, 2.24) is 29.4 Å². The molecule has 0 unspecified atom stereocenters. The van der Waals surface area contributed by atoms with E-state index in [4.69, 9.17) is 17.3 Å². The summed E-state index contributed by atoms with van der Waals surface area (Å²) in [5, 5.41) is 11.7. The van der Waals surface area contributed by atoms with Gasteiger partial charge in [0.15, 0.2) is 0 Å². The number of fused-ring (bicyclic) bond motifs is 2. The summed E-state index contributed by atoms with van der Waals surface area (Å²) >= 11 is 6.07. The molecule has 0 amide bonds. The minimum absolute atomic E-state index is 0.0114. The van der Waals surface area contributed by atoms with Crippen molar-refractivity contribution in [3.63, 3.8) is 0 Å². The quantitative estimate of drug-likeness (QED) is 0.271. The van der Waals surface area contributed by atoms with Crippen LogP contribution in [0.1, 0.15) is 56.5 Å². The molecule has 3 aromatic heterocycles. The number of nitrogens with one attached hydrogen (secondary N) is 1. The van der Waals surface area contributed by atoms with Crippen molar-refractivity contribution < 1.29 is 13.9 Å². The van der Waals surface area contributed by atoms with Crippen molar-refractivity contribution in [2.24, 2.45) is 11.8 Å². The number of hydrogen-bond acceptors (Lipinski definition) is 6. The first-order valence-corrected chi connectivity index (χ1v) is 14.0. The molecule has 0 saturated heterocycles. The molecule has 208 valence electrons. The van der Waals surface area contributed by atoms with Gasteiger partial charge in [-0.2, -0.15) is 0 Å². The predicted octanol–water partition coefficient (Wildman–Crippen LogP) is 5.31. The molecule has 2 fully saturated rings. The Labute approximate surface area is 230 Å². The summed E-state index contributed by atoms with van der Waals surface area (Å²) in [6, 6.07) is 5.38. The Morgan fingerprint density at radius 1 is 1.21 bits per heavy atom. The first-order chi connectivity index (χ1) is 18.6. The third-order valence-electron chi connectivity index (χ3n) is 8.75. The maximum atomic E-state index is 13.8. The number of nitrogens with two attached hydrogens (primary N) is 1. The number of anilines is 1. The minimum atomic E-state index is -3.00. The van der Waals surface area contributed by atoms with Gasteiger partial charge in [0.2, 0.25) is 0 Å². The fraction of sp³-hybridized carbons (Fsp3) is 0.536. The summed E-state index contributed by atoms with van der Waals surface area (Å²) in [5.41, 5.74) is 7.80. The second-order valence-corrected chi connectivity index (χ2v) is 12.0. The molecular formula is C28H34ClF2N7O. The molecule has 39 heavy (non-hydrogen) atoms. The molecule has 1 aromatic carbocycles. The summed E-state index contributed by atoms with van der Waals surface area (Å²) in [7, 11) is 2.18. The molecule has 8 nitrogen and oxygen atoms in total. The fourth-order valence-electron chi connectivity index (χ4n) is 6.53. The first-order valence-electron chi connectivity index (χ1n) is 13.6. The van der Waals surface area contributed by atoms with Crippen LogP contribution in [0.25, 0.3) is 22.1 Å². The molecule has 11 heteroatoms. The molecule has 6 rings (SSSR count). The van der Waals surface area contributed by atoms with Crippen LogP contribution in [0.3, 0.4) is 0 Å². The van der Waals surface area contributed by atoms with Crippen LogP contribution in [-0.4, -0.2) is 60.2 Å². The van der Waals surface area contributed by atoms with Gasteiger partial charge in [-0.3, -0.25) is 0 Å². The number of hydrogen-bond donors (Lipinski definition) is 3. The first kappa shape index (κ1) is 26.4. The van der Waals surface area contributed by atoms with Crippen LogP contribution < -0.4 is 5.73 Å². The lowest BCUT2D eigenvalue weighted by Crippen LogP contribution is -2.44. The number of aromatic nitrogens is 5. The van der Waals surface area contributed by atoms with Crippen LogP contribution >= 0.6 is 11.6 Å². The summed E-state index contributed by atoms with van der Waals surface area (Å²) in [4.78, 5) is 18.7. The second-order valence-electron chi connectivity index (χ2n) is 11.6. The van der Waals surface area contributed by atoms with Gasteiger partial charge in [0.05, 0.1) is 33.6 Å². The predicted molar refractivity (Wildman–Crippen MR) is 148 cm³/mol. The lowest BCUT2D eigenvalue weighted by molar-refractivity contribution is 0.0177. The van der Waals surface area contributed by atoms with Crippen molar-refractivity contribution in [1.29, 1.82) is 0 Å². The highest BCUT2D eigenvalue weighted by molar-refractivity contribution is 6.32. The molecule has 4 N–H and O–H groups in total. The number of alkyl halides is 2. The number of nitrogens with zero attached hydrogens (tertiary/aromatic N) is 5. The van der Waals surface area contributed by atoms with E-state index in [1.54, 1.807) is 0 Å². The van der Waals surface area contributed by atoms with Crippen molar-refractivity contribution in [3.8, 4) is 0 Å². The SMILES string of the molecule is CN(C[C@@H]1C[C@@H](O)[C@H](n2ccc3c(N)ncnc32)C1)[C@H]1C[C@H](CCc2nc3cc(Cl)c(C(C)(F)F)cc3[nH]2)C1. The van der Waals surface area contributed by atoms with Gasteiger partial charge in [0, 0.05) is 37.7 Å². The van der Waals surface area contributed by atoms with Crippen molar-refractivity contribution >= 4 is 39.5 Å². The second kappa shape index (κ2) is 9.98. The molecule has 3 heterocycles. The number of rotatable bonds is 8. The minimum Gasteiger partial charge on any atom is -0.391 e. The van der Waals surface area contributed by atoms with E-state index in [-0.39, 0.29) is 16.6 Å². The van der Waals surface area contributed by atoms with Gasteiger partial charge in [-0.15, -0.1) is 0 Å². The topological polar surface area (TPSA) is 109 Å². The third-order valence-corrected chi connectivity index (χ3v) is 9.07. The lowest BCUT2D eigenvalue weighted by atomic mass is 9.76. The van der Waals surface area contributed by atoms with Crippen LogP contribution in [0.15, 0.2) is 30.7 Å². The van der Waals surface area contributed by atoms with E-state index in [1.807, 2.05) is 12.3 Å². The van der Waals surface area contributed by atoms with Crippen molar-refractivity contribution in [3.05, 3.63) is 47.1 Å². The van der Waals surface area contributed by atoms with Gasteiger partial charge in [-0.05, 0) is 69.2 Å². The fourth-order valence-corrected chi connectivity index (χ4v) is 6.86. The molecule has 0 spiro atoms. The molecule has 2 aliphatic rings. The zero-order valence-corrected chi connectivity index (χ0v) is 22.9. The normalized spacial score (nSPS) is 25.7. The van der Waals surface area contributed by atoms with Gasteiger partial charge >= 0.3 is 0 Å². The zero-order valence-electron chi connectivity index (χ0n) is 22.1. The molecule has 4 aromatic rings. The Morgan fingerprint density at radius 2 is 2.00 bits per heavy atom. The largest absolute Gasteiger partial charge is 0.391 e. The molecular weight excluding hydrogens is 524 g/mol. The van der Waals surface area contributed by atoms with Gasteiger partial charge in [-0.25, -0.2) is 23.7 Å². The number of H-pyrrole nitrogens is 1. The highest BCUT2D eigenvalue weighted by Crippen LogP contribution is 2.40. The number of imidazole rings is 1. The molecule has 2 aliphatic carbocycles. The molecule has 3 atom stereocenters. The van der Waals surface area contributed by atoms with E-state index >= 15 is 0 Å². The molecule has 0 aliphatic heterocycles. The summed E-state index contributed by atoms with van der Waals surface area (Å²) in [5.74, 6) is -0.704. The number of aromatic amines is 1. The average Bonchev–Trinajstić information content (AvgIpc) is 3.53. The summed E-state index contributed by atoms with van der Waals surface area (Å²) in [6.07, 6.45) is 8.73. The van der Waals surface area contributed by atoms with Gasteiger partial charge in [0.1, 0.15) is 23.6 Å². The highest BCUT2D eigenvalue weighted by Gasteiger charge is 2.38. The number of aryl methyl sites for hydroxylation is 1. The molecule has 2 saturated carbocycles. The summed E-state index contributed by atoms with van der Waals surface area (Å²) < 4.78 is 29.7. The van der Waals surface area contributed by atoms with Gasteiger partial charge < -0.3 is 25.3 Å². The van der Waals surface area contributed by atoms with E-state index in [0.29, 0.717) is 34.7 Å². The lowest BCUT2D eigenvalue weighted by Gasteiger charge is -2.42. The standard InChI is InChI=1S/C28H34ClF2N7O/c1-28(30,31)19-11-21-22(12-20(19)29)36-25(35-21)4-3-15-7-17(8-15)37(2)13-16-9-23(24(39)10-16)38-6-5-18-26(32)33-14-34-27(18)38/h5-6,11-12,14-17,23-24,39H,3-4,7-10,13H2,1-2H3,(H,35,36)(H2,32,33,34)/t15-,16-,17-,23+,24+/m0/s1. The maximum absolute atomic E-state index is 13.8. The van der Waals surface area contributed by atoms with E-state index < -0.39 is 12.0 Å². The zero-order chi connectivity index (χ0) is 27.5. The van der Waals surface area contributed by atoms with Crippen molar-refractivity contribution in [2.75, 3.05) is 19.3 Å². The van der Waals surface area contributed by atoms with E-state index in [2.05, 4.69) is 36.5 Å². The Morgan fingerprint density at radius 3 is 2.77 bits per heavy atom. The number of aliphatic hydroxyl groups excluding tert-OH is 1. The van der Waals surface area contributed by atoms with Crippen LogP contribution in [-0.2, 0) is 12.3 Å². The van der Waals surface area contributed by atoms with E-state index in [1.165, 1.54) is 18.5 Å². The molecule has 0 bridgehead atoms. The number of benzene rings is 1.